The van der Waals surface area contributed by atoms with Crippen LogP contribution >= 0.6 is 15.9 Å². The molecule has 1 fully saturated rings. The van der Waals surface area contributed by atoms with E-state index in [1.54, 1.807) is 15.6 Å². The third-order valence-corrected chi connectivity index (χ3v) is 4.28. The Balaban J connectivity index is 1.79. The van der Waals surface area contributed by atoms with E-state index in [9.17, 15) is 9.18 Å². The minimum atomic E-state index is -0.516. The Labute approximate surface area is 141 Å². The quantitative estimate of drug-likeness (QED) is 0.754. The molecular weight excluding hydrogens is 367 g/mol. The zero-order chi connectivity index (χ0) is 16.8. The number of hydrogen-bond donors (Lipinski definition) is 0. The maximum Gasteiger partial charge on any atom is 0.410 e. The van der Waals surface area contributed by atoms with Crippen LogP contribution in [0.25, 0.3) is 11.0 Å². The van der Waals surface area contributed by atoms with E-state index in [1.807, 2.05) is 20.8 Å². The van der Waals surface area contributed by atoms with Gasteiger partial charge in [-0.05, 0) is 49.2 Å². The molecular formula is C15H18BrFN4O2. The van der Waals surface area contributed by atoms with Crippen LogP contribution in [0.1, 0.15) is 33.2 Å². The molecule has 2 heterocycles. The van der Waals surface area contributed by atoms with E-state index in [0.29, 0.717) is 23.1 Å². The van der Waals surface area contributed by atoms with Crippen molar-refractivity contribution < 1.29 is 13.9 Å². The summed E-state index contributed by atoms with van der Waals surface area (Å²) in [6, 6.07) is 3.02. The highest BCUT2D eigenvalue weighted by Crippen LogP contribution is 2.28. The molecule has 0 saturated carbocycles. The number of amides is 1. The Morgan fingerprint density at radius 3 is 2.87 bits per heavy atom. The molecule has 1 amide bonds. The number of aromatic nitrogens is 3. The first-order chi connectivity index (χ1) is 10.7. The maximum atomic E-state index is 13.6. The number of nitrogens with zero attached hydrogens (tertiary/aromatic N) is 4. The van der Waals surface area contributed by atoms with Gasteiger partial charge in [0.1, 0.15) is 16.9 Å². The van der Waals surface area contributed by atoms with Crippen LogP contribution in [-0.4, -0.2) is 44.7 Å². The highest BCUT2D eigenvalue weighted by atomic mass is 79.9. The Bertz CT molecular complexity index is 756. The van der Waals surface area contributed by atoms with Crippen molar-refractivity contribution in [2.75, 3.05) is 13.1 Å². The van der Waals surface area contributed by atoms with Gasteiger partial charge in [0.25, 0.3) is 0 Å². The summed E-state index contributed by atoms with van der Waals surface area (Å²) in [5.74, 6) is -0.369. The molecule has 8 heteroatoms. The predicted octanol–water partition coefficient (Wildman–Crippen LogP) is 3.51. The highest BCUT2D eigenvalue weighted by molar-refractivity contribution is 9.10. The van der Waals surface area contributed by atoms with Crippen molar-refractivity contribution in [2.45, 2.75) is 38.8 Å². The van der Waals surface area contributed by atoms with Gasteiger partial charge in [-0.15, -0.1) is 5.10 Å². The largest absolute Gasteiger partial charge is 0.444 e. The van der Waals surface area contributed by atoms with E-state index < -0.39 is 5.60 Å². The molecule has 2 aromatic rings. The number of benzene rings is 1. The van der Waals surface area contributed by atoms with Crippen LogP contribution in [0.4, 0.5) is 9.18 Å². The lowest BCUT2D eigenvalue weighted by molar-refractivity contribution is 0.0288. The minimum absolute atomic E-state index is 0.00452. The second-order valence-corrected chi connectivity index (χ2v) is 7.51. The van der Waals surface area contributed by atoms with Crippen molar-refractivity contribution in [1.82, 2.24) is 19.9 Å². The number of hydrogen-bond acceptors (Lipinski definition) is 4. The van der Waals surface area contributed by atoms with Crippen LogP contribution in [0, 0.1) is 5.82 Å². The van der Waals surface area contributed by atoms with E-state index in [2.05, 4.69) is 26.2 Å². The molecule has 1 aliphatic rings. The smallest absolute Gasteiger partial charge is 0.410 e. The molecule has 0 aliphatic carbocycles. The summed E-state index contributed by atoms with van der Waals surface area (Å²) in [5.41, 5.74) is 0.730. The van der Waals surface area contributed by atoms with E-state index in [-0.39, 0.29) is 18.0 Å². The number of fused-ring (bicyclic) bond motifs is 1. The van der Waals surface area contributed by atoms with Crippen LogP contribution in [0.5, 0.6) is 0 Å². The third-order valence-electron chi connectivity index (χ3n) is 3.67. The number of carbonyl (C=O) groups is 1. The summed E-state index contributed by atoms with van der Waals surface area (Å²) >= 11 is 3.18. The van der Waals surface area contributed by atoms with Gasteiger partial charge in [0.15, 0.2) is 0 Å². The average Bonchev–Trinajstić information content (AvgIpc) is 3.04. The number of ether oxygens (including phenoxy) is 1. The van der Waals surface area contributed by atoms with Crippen LogP contribution in [0.3, 0.4) is 0 Å². The minimum Gasteiger partial charge on any atom is -0.444 e. The van der Waals surface area contributed by atoms with Gasteiger partial charge in [-0.2, -0.15) is 0 Å². The van der Waals surface area contributed by atoms with Crippen molar-refractivity contribution in [3.05, 3.63) is 22.4 Å². The van der Waals surface area contributed by atoms with Crippen molar-refractivity contribution in [3.63, 3.8) is 0 Å². The predicted molar refractivity (Wildman–Crippen MR) is 86.6 cm³/mol. The van der Waals surface area contributed by atoms with Crippen LogP contribution in [0.2, 0.25) is 0 Å². The molecule has 1 aromatic carbocycles. The van der Waals surface area contributed by atoms with E-state index in [1.165, 1.54) is 6.07 Å². The molecule has 1 atom stereocenters. The van der Waals surface area contributed by atoms with Crippen LogP contribution in [0.15, 0.2) is 16.6 Å². The molecule has 1 saturated heterocycles. The summed E-state index contributed by atoms with van der Waals surface area (Å²) in [7, 11) is 0. The van der Waals surface area contributed by atoms with Crippen molar-refractivity contribution in [3.8, 4) is 0 Å². The van der Waals surface area contributed by atoms with Crippen LogP contribution in [-0.2, 0) is 4.74 Å². The number of halogens is 2. The molecule has 1 unspecified atom stereocenters. The van der Waals surface area contributed by atoms with Gasteiger partial charge in [-0.1, -0.05) is 5.21 Å². The lowest BCUT2D eigenvalue weighted by atomic mass is 10.2. The molecule has 3 rings (SSSR count). The summed E-state index contributed by atoms with van der Waals surface area (Å²) in [5, 5.41) is 8.14. The fourth-order valence-corrected chi connectivity index (χ4v) is 2.97. The zero-order valence-electron chi connectivity index (χ0n) is 13.2. The van der Waals surface area contributed by atoms with Crippen molar-refractivity contribution in [1.29, 1.82) is 0 Å². The Morgan fingerprint density at radius 1 is 1.43 bits per heavy atom. The van der Waals surface area contributed by atoms with Crippen LogP contribution < -0.4 is 0 Å². The van der Waals surface area contributed by atoms with Crippen molar-refractivity contribution >= 4 is 33.1 Å². The average molecular weight is 385 g/mol. The molecule has 1 aromatic heterocycles. The van der Waals surface area contributed by atoms with Gasteiger partial charge in [-0.3, -0.25) is 0 Å². The zero-order valence-corrected chi connectivity index (χ0v) is 14.8. The summed E-state index contributed by atoms with van der Waals surface area (Å²) in [4.78, 5) is 13.8. The Morgan fingerprint density at radius 2 is 2.17 bits per heavy atom. The Kier molecular flexibility index (Phi) is 4.03. The fraction of sp³-hybridized carbons (Fsp3) is 0.533. The van der Waals surface area contributed by atoms with Gasteiger partial charge in [0.2, 0.25) is 0 Å². The topological polar surface area (TPSA) is 60.2 Å². The molecule has 124 valence electrons. The number of rotatable bonds is 1. The first-order valence-corrected chi connectivity index (χ1v) is 8.22. The molecule has 0 N–H and O–H groups in total. The number of carbonyl (C=O) groups excluding carboxylic acids is 1. The summed E-state index contributed by atoms with van der Waals surface area (Å²) in [6.45, 7) is 6.63. The Hall–Kier alpha value is -1.70. The second kappa shape index (κ2) is 5.74. The van der Waals surface area contributed by atoms with Gasteiger partial charge in [-0.25, -0.2) is 13.9 Å². The van der Waals surface area contributed by atoms with Gasteiger partial charge < -0.3 is 9.64 Å². The summed E-state index contributed by atoms with van der Waals surface area (Å²) < 4.78 is 21.1. The maximum absolute atomic E-state index is 13.6. The van der Waals surface area contributed by atoms with Gasteiger partial charge in [0.05, 0.1) is 16.0 Å². The first-order valence-electron chi connectivity index (χ1n) is 7.42. The summed E-state index contributed by atoms with van der Waals surface area (Å²) in [6.07, 6.45) is 0.434. The van der Waals surface area contributed by atoms with Gasteiger partial charge in [0, 0.05) is 19.2 Å². The van der Waals surface area contributed by atoms with E-state index in [0.717, 1.165) is 11.9 Å². The first kappa shape index (κ1) is 16.2. The fourth-order valence-electron chi connectivity index (χ4n) is 2.64. The standard InChI is InChI=1S/C15H18BrFN4O2/c1-15(2,3)23-14(22)20-5-4-9(8-20)21-13-6-10(16)11(17)7-12(13)18-19-21/h6-7,9H,4-5,8H2,1-3H3. The van der Waals surface area contributed by atoms with E-state index >= 15 is 0 Å². The normalized spacial score (nSPS) is 18.7. The van der Waals surface area contributed by atoms with E-state index in [4.69, 9.17) is 4.74 Å². The molecule has 0 spiro atoms. The third kappa shape index (κ3) is 3.31. The lowest BCUT2D eigenvalue weighted by Crippen LogP contribution is -2.35. The number of likely N-dealkylation sites (tertiary alicyclic amines) is 1. The molecule has 0 bridgehead atoms. The second-order valence-electron chi connectivity index (χ2n) is 6.66. The van der Waals surface area contributed by atoms with Gasteiger partial charge >= 0.3 is 6.09 Å². The monoisotopic (exact) mass is 384 g/mol. The highest BCUT2D eigenvalue weighted by Gasteiger charge is 2.32. The molecule has 0 radical (unpaired) electrons. The molecule has 23 heavy (non-hydrogen) atoms. The molecule has 6 nitrogen and oxygen atoms in total. The van der Waals surface area contributed by atoms with Crippen molar-refractivity contribution in [2.24, 2.45) is 0 Å². The SMILES string of the molecule is CC(C)(C)OC(=O)N1CCC(n2nnc3cc(F)c(Br)cc32)C1. The molecule has 1 aliphatic heterocycles. The lowest BCUT2D eigenvalue weighted by Gasteiger charge is -2.24.